The van der Waals surface area contributed by atoms with Gasteiger partial charge in [-0.25, -0.2) is 0 Å². The fourth-order valence-electron chi connectivity index (χ4n) is 1.53. The summed E-state index contributed by atoms with van der Waals surface area (Å²) in [6.07, 6.45) is 0.874. The lowest BCUT2D eigenvalue weighted by Crippen LogP contribution is -2.40. The highest BCUT2D eigenvalue weighted by atomic mass is 16.4. The molecule has 0 saturated carbocycles. The van der Waals surface area contributed by atoms with Crippen LogP contribution in [0.2, 0.25) is 0 Å². The molecule has 0 unspecified atom stereocenters. The summed E-state index contributed by atoms with van der Waals surface area (Å²) in [6, 6.07) is 0.326. The summed E-state index contributed by atoms with van der Waals surface area (Å²) in [5.41, 5.74) is -0.629. The largest absolute Gasteiger partial charge is 0.507 e. The van der Waals surface area contributed by atoms with Gasteiger partial charge in [0.1, 0.15) is 5.75 Å². The fourth-order valence-corrected chi connectivity index (χ4v) is 1.53. The average Bonchev–Trinajstić information content (AvgIpc) is 2.26. The number of carbonyl (C=O) groups is 2. The second kappa shape index (κ2) is 6.03. The predicted molar refractivity (Wildman–Crippen MR) is 67.1 cm³/mol. The van der Waals surface area contributed by atoms with Crippen LogP contribution < -0.4 is 10.9 Å². The number of rotatable bonds is 5. The Labute approximate surface area is 109 Å². The molecule has 0 aliphatic rings. The lowest BCUT2D eigenvalue weighted by Gasteiger charge is -2.20. The maximum atomic E-state index is 11.9. The highest BCUT2D eigenvalue weighted by Gasteiger charge is 2.21. The smallest absolute Gasteiger partial charge is 0.305 e. The second-order valence-electron chi connectivity index (χ2n) is 4.52. The van der Waals surface area contributed by atoms with Crippen molar-refractivity contribution < 1.29 is 19.8 Å². The van der Waals surface area contributed by atoms with Crippen molar-refractivity contribution in [2.45, 2.75) is 26.3 Å². The van der Waals surface area contributed by atoms with Gasteiger partial charge in [0.2, 0.25) is 0 Å². The summed E-state index contributed by atoms with van der Waals surface area (Å²) in [4.78, 5) is 35.8. The maximum absolute atomic E-state index is 11.9. The van der Waals surface area contributed by atoms with E-state index in [1.807, 2.05) is 0 Å². The molecule has 1 amide bonds. The SMILES string of the molecule is CC(C)[C@H](CC(=O)O)NC(=O)c1c[nH]c(=O)cc1O. The predicted octanol–water partition coefficient (Wildman–Crippen LogP) is 0.310. The van der Waals surface area contributed by atoms with Crippen molar-refractivity contribution in [3.63, 3.8) is 0 Å². The van der Waals surface area contributed by atoms with Crippen molar-refractivity contribution in [2.24, 2.45) is 5.92 Å². The number of H-pyrrole nitrogens is 1. The minimum atomic E-state index is -1.02. The molecule has 104 valence electrons. The molecule has 0 spiro atoms. The van der Waals surface area contributed by atoms with E-state index < -0.39 is 29.2 Å². The highest BCUT2D eigenvalue weighted by molar-refractivity contribution is 5.96. The first-order valence-corrected chi connectivity index (χ1v) is 5.75. The van der Waals surface area contributed by atoms with E-state index in [-0.39, 0.29) is 17.9 Å². The van der Waals surface area contributed by atoms with Crippen molar-refractivity contribution in [3.8, 4) is 5.75 Å². The number of amides is 1. The van der Waals surface area contributed by atoms with E-state index >= 15 is 0 Å². The van der Waals surface area contributed by atoms with Crippen LogP contribution in [0.15, 0.2) is 17.1 Å². The molecule has 0 aliphatic heterocycles. The number of aromatic amines is 1. The standard InChI is InChI=1S/C12H16N2O5/c1-6(2)8(3-11(17)18)14-12(19)7-5-13-10(16)4-9(7)15/h4-6,8H,3H2,1-2H3,(H,14,19)(H,17,18)(H2,13,15,16)/t8-/m0/s1. The van der Waals surface area contributed by atoms with E-state index in [1.165, 1.54) is 0 Å². The van der Waals surface area contributed by atoms with Gasteiger partial charge in [0.15, 0.2) is 0 Å². The van der Waals surface area contributed by atoms with Gasteiger partial charge in [-0.05, 0) is 5.92 Å². The van der Waals surface area contributed by atoms with Crippen molar-refractivity contribution >= 4 is 11.9 Å². The van der Waals surface area contributed by atoms with Gasteiger partial charge < -0.3 is 20.5 Å². The summed E-state index contributed by atoms with van der Waals surface area (Å²) < 4.78 is 0. The molecule has 7 heteroatoms. The summed E-state index contributed by atoms with van der Waals surface area (Å²) in [6.45, 7) is 3.56. The zero-order valence-corrected chi connectivity index (χ0v) is 10.6. The van der Waals surface area contributed by atoms with Gasteiger partial charge in [0.05, 0.1) is 12.0 Å². The number of carbonyl (C=O) groups excluding carboxylic acids is 1. The lowest BCUT2D eigenvalue weighted by molar-refractivity contribution is -0.137. The van der Waals surface area contributed by atoms with Gasteiger partial charge in [-0.2, -0.15) is 0 Å². The third-order valence-electron chi connectivity index (χ3n) is 2.66. The van der Waals surface area contributed by atoms with Crippen LogP contribution in [-0.4, -0.2) is 33.1 Å². The van der Waals surface area contributed by atoms with Crippen molar-refractivity contribution in [1.82, 2.24) is 10.3 Å². The van der Waals surface area contributed by atoms with E-state index in [0.717, 1.165) is 12.3 Å². The van der Waals surface area contributed by atoms with Crippen molar-refractivity contribution in [1.29, 1.82) is 0 Å². The minimum absolute atomic E-state index is 0.0787. The van der Waals surface area contributed by atoms with Gasteiger partial charge in [0, 0.05) is 18.3 Å². The molecule has 19 heavy (non-hydrogen) atoms. The maximum Gasteiger partial charge on any atom is 0.305 e. The molecule has 1 atom stereocenters. The Hall–Kier alpha value is -2.31. The topological polar surface area (TPSA) is 119 Å². The third-order valence-corrected chi connectivity index (χ3v) is 2.66. The molecule has 0 aliphatic carbocycles. The first kappa shape index (κ1) is 14.7. The number of aromatic hydroxyl groups is 1. The molecule has 0 radical (unpaired) electrons. The van der Waals surface area contributed by atoms with E-state index in [2.05, 4.69) is 10.3 Å². The van der Waals surface area contributed by atoms with Gasteiger partial charge in [-0.1, -0.05) is 13.8 Å². The summed E-state index contributed by atoms with van der Waals surface area (Å²) >= 11 is 0. The normalized spacial score (nSPS) is 12.2. The van der Waals surface area contributed by atoms with Gasteiger partial charge in [-0.15, -0.1) is 0 Å². The average molecular weight is 268 g/mol. The number of hydrogen-bond acceptors (Lipinski definition) is 4. The van der Waals surface area contributed by atoms with Gasteiger partial charge in [0.25, 0.3) is 11.5 Å². The molecule has 0 fully saturated rings. The minimum Gasteiger partial charge on any atom is -0.507 e. The molecule has 0 bridgehead atoms. The van der Waals surface area contributed by atoms with Crippen LogP contribution in [0.1, 0.15) is 30.6 Å². The quantitative estimate of drug-likeness (QED) is 0.612. The Morgan fingerprint density at radius 1 is 1.42 bits per heavy atom. The second-order valence-corrected chi connectivity index (χ2v) is 4.52. The summed E-state index contributed by atoms with van der Waals surface area (Å²) in [7, 11) is 0. The van der Waals surface area contributed by atoms with E-state index in [1.54, 1.807) is 13.8 Å². The van der Waals surface area contributed by atoms with Gasteiger partial charge >= 0.3 is 5.97 Å². The number of aliphatic carboxylic acids is 1. The third kappa shape index (κ3) is 4.13. The highest BCUT2D eigenvalue weighted by Crippen LogP contribution is 2.14. The monoisotopic (exact) mass is 268 g/mol. The Morgan fingerprint density at radius 2 is 2.05 bits per heavy atom. The number of nitrogens with one attached hydrogen (secondary N) is 2. The van der Waals surface area contributed by atoms with Gasteiger partial charge in [-0.3, -0.25) is 14.4 Å². The first-order valence-electron chi connectivity index (χ1n) is 5.75. The van der Waals surface area contributed by atoms with E-state index in [0.29, 0.717) is 0 Å². The molecule has 0 saturated heterocycles. The lowest BCUT2D eigenvalue weighted by atomic mass is 10.0. The molecule has 4 N–H and O–H groups in total. The number of carboxylic acids is 1. The van der Waals surface area contributed by atoms with E-state index in [4.69, 9.17) is 5.11 Å². The zero-order chi connectivity index (χ0) is 14.6. The number of aromatic nitrogens is 1. The molecular formula is C12H16N2O5. The molecule has 1 aromatic rings. The summed E-state index contributed by atoms with van der Waals surface area (Å²) in [5, 5.41) is 20.8. The first-order chi connectivity index (χ1) is 8.81. The molecule has 1 aromatic heterocycles. The van der Waals surface area contributed by atoms with Crippen LogP contribution in [0.4, 0.5) is 0 Å². The van der Waals surface area contributed by atoms with Crippen LogP contribution in [0.25, 0.3) is 0 Å². The van der Waals surface area contributed by atoms with Crippen molar-refractivity contribution in [2.75, 3.05) is 0 Å². The Bertz CT molecular complexity index is 535. The zero-order valence-electron chi connectivity index (χ0n) is 10.6. The van der Waals surface area contributed by atoms with Crippen LogP contribution in [0, 0.1) is 5.92 Å². The van der Waals surface area contributed by atoms with E-state index in [9.17, 15) is 19.5 Å². The molecular weight excluding hydrogens is 252 g/mol. The Kier molecular flexibility index (Phi) is 4.68. The van der Waals surface area contributed by atoms with Crippen LogP contribution in [0.5, 0.6) is 5.75 Å². The molecule has 7 nitrogen and oxygen atoms in total. The Morgan fingerprint density at radius 3 is 2.53 bits per heavy atom. The number of hydrogen-bond donors (Lipinski definition) is 4. The number of pyridine rings is 1. The summed E-state index contributed by atoms with van der Waals surface area (Å²) in [5.74, 6) is -2.18. The Balaban J connectivity index is 2.87. The molecule has 0 aromatic carbocycles. The van der Waals surface area contributed by atoms with Crippen LogP contribution in [-0.2, 0) is 4.79 Å². The molecule has 1 rings (SSSR count). The van der Waals surface area contributed by atoms with Crippen LogP contribution in [0.3, 0.4) is 0 Å². The molecule has 1 heterocycles. The fraction of sp³-hybridized carbons (Fsp3) is 0.417. The van der Waals surface area contributed by atoms with Crippen LogP contribution >= 0.6 is 0 Å². The van der Waals surface area contributed by atoms with Crippen molar-refractivity contribution in [3.05, 3.63) is 28.2 Å². The number of carboxylic acid groups (broad SMARTS) is 1.